The van der Waals surface area contributed by atoms with Crippen molar-refractivity contribution in [2.75, 3.05) is 40.5 Å². The lowest BCUT2D eigenvalue weighted by molar-refractivity contribution is -0.136. The van der Waals surface area contributed by atoms with E-state index in [2.05, 4.69) is 36.9 Å². The number of urea groups is 1. The summed E-state index contributed by atoms with van der Waals surface area (Å²) in [4.78, 5) is 32.7. The molecule has 2 aromatic carbocycles. The number of benzene rings is 2. The molecule has 7 nitrogen and oxygen atoms in total. The summed E-state index contributed by atoms with van der Waals surface area (Å²) in [5, 5.41) is 0. The molecule has 0 aliphatic carbocycles. The van der Waals surface area contributed by atoms with Crippen molar-refractivity contribution in [1.82, 2.24) is 14.7 Å². The number of rotatable bonds is 8. The number of aryl methyl sites for hydroxylation is 2. The van der Waals surface area contributed by atoms with Gasteiger partial charge in [-0.3, -0.25) is 14.6 Å². The lowest BCUT2D eigenvalue weighted by Gasteiger charge is -2.42. The molecule has 0 atom stereocenters. The molecule has 0 aromatic heterocycles. The summed E-state index contributed by atoms with van der Waals surface area (Å²) >= 11 is 0. The van der Waals surface area contributed by atoms with E-state index in [-0.39, 0.29) is 18.5 Å². The van der Waals surface area contributed by atoms with Crippen molar-refractivity contribution in [3.05, 3.63) is 64.7 Å². The second kappa shape index (κ2) is 10.2. The maximum Gasteiger partial charge on any atom is 0.328 e. The fraction of sp³-hybridized carbons (Fsp3) is 0.481. The van der Waals surface area contributed by atoms with Crippen LogP contribution >= 0.6 is 0 Å². The molecule has 2 aromatic rings. The molecule has 0 N–H and O–H groups in total. The van der Waals surface area contributed by atoms with Gasteiger partial charge in [-0.2, -0.15) is 0 Å². The van der Waals surface area contributed by atoms with Crippen LogP contribution in [0.25, 0.3) is 0 Å². The Morgan fingerprint density at radius 2 is 1.65 bits per heavy atom. The molecule has 3 amide bonds. The fourth-order valence-electron chi connectivity index (χ4n) is 5.09. The lowest BCUT2D eigenvalue weighted by Crippen LogP contribution is -2.57. The van der Waals surface area contributed by atoms with E-state index in [0.717, 1.165) is 25.2 Å². The Kier molecular flexibility index (Phi) is 7.24. The van der Waals surface area contributed by atoms with Crippen LogP contribution in [0.3, 0.4) is 0 Å². The first-order chi connectivity index (χ1) is 16.4. The normalized spacial score (nSPS) is 18.2. The Bertz CT molecular complexity index is 1050. The van der Waals surface area contributed by atoms with Gasteiger partial charge in [0.15, 0.2) is 0 Å². The van der Waals surface area contributed by atoms with Crippen LogP contribution in [0.4, 0.5) is 4.79 Å². The number of ether oxygens (including phenoxy) is 2. The van der Waals surface area contributed by atoms with Crippen LogP contribution in [0.1, 0.15) is 35.1 Å². The van der Waals surface area contributed by atoms with Crippen LogP contribution in [0.2, 0.25) is 0 Å². The van der Waals surface area contributed by atoms with Gasteiger partial charge < -0.3 is 14.4 Å². The molecular formula is C27H35N3O4. The maximum absolute atomic E-state index is 13.7. The number of amides is 3. The molecule has 182 valence electrons. The van der Waals surface area contributed by atoms with Crippen molar-refractivity contribution in [3.8, 4) is 5.75 Å². The summed E-state index contributed by atoms with van der Waals surface area (Å²) in [7, 11) is 3.23. The molecule has 2 saturated heterocycles. The topological polar surface area (TPSA) is 62.3 Å². The van der Waals surface area contributed by atoms with Crippen molar-refractivity contribution >= 4 is 11.9 Å². The Morgan fingerprint density at radius 1 is 0.912 bits per heavy atom. The summed E-state index contributed by atoms with van der Waals surface area (Å²) in [5.41, 5.74) is 3.94. The number of carbonyl (C=O) groups excluding carboxylic acids is 2. The molecular weight excluding hydrogens is 430 g/mol. The monoisotopic (exact) mass is 465 g/mol. The number of methoxy groups -OCH3 is 2. The van der Waals surface area contributed by atoms with Gasteiger partial charge in [-0.25, -0.2) is 4.79 Å². The SMILES string of the molecule is COCCN1C(=O)N(Cc2cccc(OC)c2)C(=O)C12CCN(Cc1ccc(C)c(C)c1)CC2. The van der Waals surface area contributed by atoms with Crippen LogP contribution < -0.4 is 4.74 Å². The average Bonchev–Trinajstić information content (AvgIpc) is 3.02. The summed E-state index contributed by atoms with van der Waals surface area (Å²) in [6, 6.07) is 13.9. The second-order valence-corrected chi connectivity index (χ2v) is 9.40. The van der Waals surface area contributed by atoms with Gasteiger partial charge in [-0.1, -0.05) is 30.3 Å². The number of nitrogens with zero attached hydrogens (tertiary/aromatic N) is 3. The molecule has 0 radical (unpaired) electrons. The fourth-order valence-corrected chi connectivity index (χ4v) is 5.09. The van der Waals surface area contributed by atoms with Gasteiger partial charge in [0.25, 0.3) is 5.91 Å². The lowest BCUT2D eigenvalue weighted by atomic mass is 9.85. The molecule has 2 fully saturated rings. The number of hydrogen-bond donors (Lipinski definition) is 0. The minimum Gasteiger partial charge on any atom is -0.497 e. The first-order valence-corrected chi connectivity index (χ1v) is 11.9. The third-order valence-electron chi connectivity index (χ3n) is 7.28. The van der Waals surface area contributed by atoms with Gasteiger partial charge in [-0.15, -0.1) is 0 Å². The number of carbonyl (C=O) groups is 2. The summed E-state index contributed by atoms with van der Waals surface area (Å²) in [6.45, 7) is 7.70. The first-order valence-electron chi connectivity index (χ1n) is 11.9. The van der Waals surface area contributed by atoms with Gasteiger partial charge in [0.1, 0.15) is 11.3 Å². The van der Waals surface area contributed by atoms with Gasteiger partial charge in [0.2, 0.25) is 0 Å². The van der Waals surface area contributed by atoms with E-state index in [9.17, 15) is 9.59 Å². The number of hydrogen-bond acceptors (Lipinski definition) is 5. The Labute approximate surface area is 202 Å². The van der Waals surface area contributed by atoms with Crippen molar-refractivity contribution in [2.24, 2.45) is 0 Å². The van der Waals surface area contributed by atoms with Crippen LogP contribution in [0, 0.1) is 13.8 Å². The molecule has 0 bridgehead atoms. The standard InChI is InChI=1S/C27H35N3O4/c1-20-8-9-23(16-21(20)2)18-28-12-10-27(11-13-28)25(31)29(26(32)30(27)14-15-33-3)19-22-6-5-7-24(17-22)34-4/h5-9,16-17H,10-15,18-19H2,1-4H3. The van der Waals surface area contributed by atoms with E-state index in [1.807, 2.05) is 24.3 Å². The second-order valence-electron chi connectivity index (χ2n) is 9.40. The van der Waals surface area contributed by atoms with Gasteiger partial charge in [0.05, 0.1) is 20.3 Å². The third-order valence-corrected chi connectivity index (χ3v) is 7.28. The van der Waals surface area contributed by atoms with E-state index in [4.69, 9.17) is 9.47 Å². The predicted molar refractivity (Wildman–Crippen MR) is 131 cm³/mol. The van der Waals surface area contributed by atoms with Crippen LogP contribution in [-0.2, 0) is 22.6 Å². The number of piperidine rings is 1. The molecule has 1 spiro atoms. The molecule has 7 heteroatoms. The van der Waals surface area contributed by atoms with Crippen molar-refractivity contribution < 1.29 is 19.1 Å². The highest BCUT2D eigenvalue weighted by Gasteiger charge is 2.57. The first kappa shape index (κ1) is 24.2. The quantitative estimate of drug-likeness (QED) is 0.556. The third kappa shape index (κ3) is 4.68. The minimum atomic E-state index is -0.797. The zero-order chi connectivity index (χ0) is 24.3. The number of likely N-dealkylation sites (tertiary alicyclic amines) is 1. The molecule has 0 unspecified atom stereocenters. The highest BCUT2D eigenvalue weighted by atomic mass is 16.5. The minimum absolute atomic E-state index is 0.0951. The van der Waals surface area contributed by atoms with Crippen LogP contribution in [0.15, 0.2) is 42.5 Å². The molecule has 34 heavy (non-hydrogen) atoms. The highest BCUT2D eigenvalue weighted by molar-refractivity contribution is 6.07. The number of imide groups is 1. The average molecular weight is 466 g/mol. The van der Waals surface area contributed by atoms with E-state index < -0.39 is 5.54 Å². The zero-order valence-electron chi connectivity index (χ0n) is 20.7. The summed E-state index contributed by atoms with van der Waals surface area (Å²) in [5.74, 6) is 0.615. The molecule has 4 rings (SSSR count). The van der Waals surface area contributed by atoms with Gasteiger partial charge >= 0.3 is 6.03 Å². The Balaban J connectivity index is 1.51. The van der Waals surface area contributed by atoms with E-state index >= 15 is 0 Å². The van der Waals surface area contributed by atoms with Crippen LogP contribution in [-0.4, -0.2) is 72.6 Å². The summed E-state index contributed by atoms with van der Waals surface area (Å²) < 4.78 is 10.6. The largest absolute Gasteiger partial charge is 0.497 e. The van der Waals surface area contributed by atoms with Gasteiger partial charge in [-0.05, 0) is 61.1 Å². The van der Waals surface area contributed by atoms with E-state index in [1.54, 1.807) is 19.1 Å². The smallest absolute Gasteiger partial charge is 0.328 e. The van der Waals surface area contributed by atoms with Crippen molar-refractivity contribution in [1.29, 1.82) is 0 Å². The van der Waals surface area contributed by atoms with Crippen molar-refractivity contribution in [2.45, 2.75) is 45.3 Å². The molecule has 0 saturated carbocycles. The van der Waals surface area contributed by atoms with Crippen molar-refractivity contribution in [3.63, 3.8) is 0 Å². The summed E-state index contributed by atoms with van der Waals surface area (Å²) in [6.07, 6.45) is 1.25. The highest BCUT2D eigenvalue weighted by Crippen LogP contribution is 2.38. The zero-order valence-corrected chi connectivity index (χ0v) is 20.7. The van der Waals surface area contributed by atoms with E-state index in [0.29, 0.717) is 31.7 Å². The molecule has 2 aliphatic rings. The van der Waals surface area contributed by atoms with Gasteiger partial charge in [0, 0.05) is 33.3 Å². The van der Waals surface area contributed by atoms with E-state index in [1.165, 1.54) is 21.6 Å². The predicted octanol–water partition coefficient (Wildman–Crippen LogP) is 3.76. The Hall–Kier alpha value is -2.90. The molecule has 2 aliphatic heterocycles. The Morgan fingerprint density at radius 3 is 2.32 bits per heavy atom. The van der Waals surface area contributed by atoms with Crippen LogP contribution in [0.5, 0.6) is 5.75 Å². The maximum atomic E-state index is 13.7. The molecule has 2 heterocycles.